The van der Waals surface area contributed by atoms with Crippen molar-refractivity contribution in [3.8, 4) is 5.75 Å². The van der Waals surface area contributed by atoms with Crippen LogP contribution in [0.25, 0.3) is 0 Å². The van der Waals surface area contributed by atoms with E-state index in [1.165, 1.54) is 11.1 Å². The molecule has 2 aliphatic rings. The molecular weight excluding hydrogens is 314 g/mol. The molecule has 2 aromatic carbocycles. The minimum atomic E-state index is 0.0000839. The highest BCUT2D eigenvalue weighted by Crippen LogP contribution is 2.36. The van der Waals surface area contributed by atoms with E-state index < -0.39 is 0 Å². The Bertz CT molecular complexity index is 786. The molecule has 0 saturated heterocycles. The number of aryl methyl sites for hydroxylation is 1. The molecule has 4 heteroatoms. The summed E-state index contributed by atoms with van der Waals surface area (Å²) >= 11 is 0. The van der Waals surface area contributed by atoms with Gasteiger partial charge in [-0.25, -0.2) is 0 Å². The summed E-state index contributed by atoms with van der Waals surface area (Å²) in [6.45, 7) is 1.67. The van der Waals surface area contributed by atoms with Gasteiger partial charge in [-0.3, -0.25) is 4.79 Å². The molecule has 1 aliphatic heterocycles. The molecule has 1 heterocycles. The highest BCUT2D eigenvalue weighted by molar-refractivity contribution is 5.77. The predicted octanol–water partition coefficient (Wildman–Crippen LogP) is 3.02. The van der Waals surface area contributed by atoms with Crippen LogP contribution in [0.15, 0.2) is 42.5 Å². The molecule has 1 atom stereocenters. The lowest BCUT2D eigenvalue weighted by atomic mass is 9.97. The number of hydrogen-bond acceptors (Lipinski definition) is 3. The largest absolute Gasteiger partial charge is 0.491 e. The second-order valence-electron chi connectivity index (χ2n) is 6.90. The third-order valence-electron chi connectivity index (χ3n) is 5.32. The molecule has 4 rings (SSSR count). The van der Waals surface area contributed by atoms with E-state index in [1.54, 1.807) is 0 Å². The SMILES string of the molecule is O=C(C[C@@H]1CCc2ccccc21)N1CCOc2ccc(CO)cc2C1. The minimum absolute atomic E-state index is 0.0000839. The Morgan fingerprint density at radius 3 is 2.96 bits per heavy atom. The van der Waals surface area contributed by atoms with Crippen LogP contribution in [0.3, 0.4) is 0 Å². The molecule has 0 aromatic heterocycles. The van der Waals surface area contributed by atoms with Crippen molar-refractivity contribution in [1.82, 2.24) is 4.90 Å². The van der Waals surface area contributed by atoms with Crippen LogP contribution in [-0.4, -0.2) is 29.1 Å². The zero-order valence-corrected chi connectivity index (χ0v) is 14.3. The monoisotopic (exact) mass is 337 g/mol. The van der Waals surface area contributed by atoms with Crippen molar-refractivity contribution >= 4 is 5.91 Å². The molecule has 0 radical (unpaired) electrons. The molecule has 0 saturated carbocycles. The van der Waals surface area contributed by atoms with Gasteiger partial charge in [0.15, 0.2) is 0 Å². The quantitative estimate of drug-likeness (QED) is 0.937. The third kappa shape index (κ3) is 3.27. The van der Waals surface area contributed by atoms with Crippen LogP contribution < -0.4 is 4.74 Å². The summed E-state index contributed by atoms with van der Waals surface area (Å²) in [5, 5.41) is 9.35. The smallest absolute Gasteiger partial charge is 0.223 e. The number of aliphatic hydroxyl groups is 1. The highest BCUT2D eigenvalue weighted by Gasteiger charge is 2.27. The Morgan fingerprint density at radius 2 is 2.08 bits per heavy atom. The van der Waals surface area contributed by atoms with Crippen molar-refractivity contribution in [2.24, 2.45) is 0 Å². The molecule has 130 valence electrons. The van der Waals surface area contributed by atoms with E-state index in [1.807, 2.05) is 23.1 Å². The molecule has 2 aromatic rings. The number of amides is 1. The van der Waals surface area contributed by atoms with Gasteiger partial charge in [-0.05, 0) is 47.6 Å². The lowest BCUT2D eigenvalue weighted by molar-refractivity contribution is -0.132. The molecule has 1 aliphatic carbocycles. The maximum absolute atomic E-state index is 12.9. The van der Waals surface area contributed by atoms with Crippen LogP contribution in [0.1, 0.15) is 41.0 Å². The highest BCUT2D eigenvalue weighted by atomic mass is 16.5. The van der Waals surface area contributed by atoms with Gasteiger partial charge in [-0.1, -0.05) is 30.3 Å². The van der Waals surface area contributed by atoms with Crippen molar-refractivity contribution in [3.05, 3.63) is 64.7 Å². The van der Waals surface area contributed by atoms with Gasteiger partial charge in [0.05, 0.1) is 13.2 Å². The average Bonchev–Trinajstić information content (AvgIpc) is 2.92. The van der Waals surface area contributed by atoms with Crippen molar-refractivity contribution in [1.29, 1.82) is 0 Å². The van der Waals surface area contributed by atoms with E-state index in [-0.39, 0.29) is 12.5 Å². The fraction of sp³-hybridized carbons (Fsp3) is 0.381. The van der Waals surface area contributed by atoms with Gasteiger partial charge < -0.3 is 14.7 Å². The standard InChI is InChI=1S/C21H23NO3/c23-14-15-5-8-20-18(11-15)13-22(9-10-25-20)21(24)12-17-7-6-16-3-1-2-4-19(16)17/h1-5,8,11,17,23H,6-7,9-10,12-14H2/t17-/m0/s1. The summed E-state index contributed by atoms with van der Waals surface area (Å²) in [5.74, 6) is 1.34. The summed E-state index contributed by atoms with van der Waals surface area (Å²) in [5.41, 5.74) is 4.55. The molecule has 1 N–H and O–H groups in total. The second-order valence-corrected chi connectivity index (χ2v) is 6.90. The zero-order chi connectivity index (χ0) is 17.2. The maximum Gasteiger partial charge on any atom is 0.223 e. The molecule has 1 amide bonds. The summed E-state index contributed by atoms with van der Waals surface area (Å²) in [4.78, 5) is 14.8. The van der Waals surface area contributed by atoms with Gasteiger partial charge >= 0.3 is 0 Å². The number of benzene rings is 2. The molecule has 0 spiro atoms. The number of carbonyl (C=O) groups is 1. The number of rotatable bonds is 3. The minimum Gasteiger partial charge on any atom is -0.491 e. The van der Waals surface area contributed by atoms with E-state index in [0.29, 0.717) is 32.0 Å². The molecule has 25 heavy (non-hydrogen) atoms. The Hall–Kier alpha value is -2.33. The lowest BCUT2D eigenvalue weighted by Crippen LogP contribution is -2.33. The van der Waals surface area contributed by atoms with Crippen molar-refractivity contribution in [3.63, 3.8) is 0 Å². The van der Waals surface area contributed by atoms with E-state index in [0.717, 1.165) is 29.7 Å². The van der Waals surface area contributed by atoms with E-state index in [2.05, 4.69) is 24.3 Å². The first-order valence-electron chi connectivity index (χ1n) is 8.95. The van der Waals surface area contributed by atoms with Crippen LogP contribution in [0.4, 0.5) is 0 Å². The van der Waals surface area contributed by atoms with Gasteiger partial charge in [0.1, 0.15) is 12.4 Å². The predicted molar refractivity (Wildman–Crippen MR) is 95.4 cm³/mol. The summed E-state index contributed by atoms with van der Waals surface area (Å²) in [6.07, 6.45) is 2.69. The molecule has 0 fully saturated rings. The van der Waals surface area contributed by atoms with E-state index in [4.69, 9.17) is 4.74 Å². The summed E-state index contributed by atoms with van der Waals surface area (Å²) < 4.78 is 5.78. The van der Waals surface area contributed by atoms with Crippen molar-refractivity contribution in [2.45, 2.75) is 38.3 Å². The van der Waals surface area contributed by atoms with Crippen molar-refractivity contribution in [2.75, 3.05) is 13.2 Å². The molecule has 0 unspecified atom stereocenters. The first kappa shape index (κ1) is 16.2. The lowest BCUT2D eigenvalue weighted by Gasteiger charge is -2.22. The number of hydrogen-bond donors (Lipinski definition) is 1. The third-order valence-corrected chi connectivity index (χ3v) is 5.32. The second kappa shape index (κ2) is 6.89. The van der Waals surface area contributed by atoms with Crippen molar-refractivity contribution < 1.29 is 14.6 Å². The fourth-order valence-electron chi connectivity index (χ4n) is 3.96. The Kier molecular flexibility index (Phi) is 4.45. The summed E-state index contributed by atoms with van der Waals surface area (Å²) in [6, 6.07) is 14.2. The number of carbonyl (C=O) groups excluding carboxylic acids is 1. The molecule has 4 nitrogen and oxygen atoms in total. The first-order valence-corrected chi connectivity index (χ1v) is 8.95. The van der Waals surface area contributed by atoms with Gasteiger partial charge in [-0.15, -0.1) is 0 Å². The topological polar surface area (TPSA) is 49.8 Å². The van der Waals surface area contributed by atoms with Gasteiger partial charge in [0.25, 0.3) is 0 Å². The molecular formula is C21H23NO3. The zero-order valence-electron chi connectivity index (χ0n) is 14.3. The van der Waals surface area contributed by atoms with Gasteiger partial charge in [0.2, 0.25) is 5.91 Å². The van der Waals surface area contributed by atoms with Crippen LogP contribution >= 0.6 is 0 Å². The number of fused-ring (bicyclic) bond motifs is 2. The van der Waals surface area contributed by atoms with Crippen LogP contribution in [0.2, 0.25) is 0 Å². The number of ether oxygens (including phenoxy) is 1. The van der Waals surface area contributed by atoms with Crippen LogP contribution in [-0.2, 0) is 24.4 Å². The summed E-state index contributed by atoms with van der Waals surface area (Å²) in [7, 11) is 0. The Labute approximate surface area is 148 Å². The normalized spacial score (nSPS) is 18.9. The van der Waals surface area contributed by atoms with Gasteiger partial charge in [0, 0.05) is 18.5 Å². The number of nitrogens with zero attached hydrogens (tertiary/aromatic N) is 1. The van der Waals surface area contributed by atoms with Gasteiger partial charge in [-0.2, -0.15) is 0 Å². The number of aliphatic hydroxyl groups excluding tert-OH is 1. The Morgan fingerprint density at radius 1 is 1.20 bits per heavy atom. The Balaban J connectivity index is 1.49. The fourth-order valence-corrected chi connectivity index (χ4v) is 3.96. The van der Waals surface area contributed by atoms with Crippen LogP contribution in [0, 0.1) is 0 Å². The average molecular weight is 337 g/mol. The first-order chi connectivity index (χ1) is 12.2. The van der Waals surface area contributed by atoms with E-state index in [9.17, 15) is 9.90 Å². The van der Waals surface area contributed by atoms with Crippen LogP contribution in [0.5, 0.6) is 5.75 Å². The maximum atomic E-state index is 12.9. The molecule has 0 bridgehead atoms. The van der Waals surface area contributed by atoms with E-state index >= 15 is 0 Å².